The van der Waals surface area contributed by atoms with Crippen molar-refractivity contribution in [2.75, 3.05) is 11.9 Å². The maximum absolute atomic E-state index is 4.23. The highest BCUT2D eigenvalue weighted by Crippen LogP contribution is 2.31. The Morgan fingerprint density at radius 2 is 2.50 bits per heavy atom. The molecule has 0 unspecified atom stereocenters. The summed E-state index contributed by atoms with van der Waals surface area (Å²) in [7, 11) is 1.94. The maximum atomic E-state index is 4.23. The molecule has 1 aliphatic rings. The molecule has 1 fully saturated rings. The number of hydrogen-bond acceptors (Lipinski definition) is 2. The molecular weight excluding hydrogens is 150 g/mol. The van der Waals surface area contributed by atoms with Gasteiger partial charge in [0.2, 0.25) is 0 Å². The van der Waals surface area contributed by atoms with Gasteiger partial charge in [-0.05, 0) is 12.3 Å². The van der Waals surface area contributed by atoms with Gasteiger partial charge in [-0.25, -0.2) is 0 Å². The van der Waals surface area contributed by atoms with Crippen LogP contribution in [0.5, 0.6) is 0 Å². The van der Waals surface area contributed by atoms with Crippen LogP contribution in [0, 0.1) is 5.92 Å². The van der Waals surface area contributed by atoms with Gasteiger partial charge in [-0.15, -0.1) is 0 Å². The molecule has 2 rings (SSSR count). The molecule has 12 heavy (non-hydrogen) atoms. The molecule has 1 heterocycles. The Kier molecular flexibility index (Phi) is 2.02. The zero-order valence-corrected chi connectivity index (χ0v) is 7.45. The van der Waals surface area contributed by atoms with E-state index in [-0.39, 0.29) is 0 Å². The van der Waals surface area contributed by atoms with E-state index < -0.39 is 0 Å². The molecule has 0 aromatic carbocycles. The Morgan fingerprint density at radius 1 is 1.67 bits per heavy atom. The van der Waals surface area contributed by atoms with Crippen LogP contribution in [0.3, 0.4) is 0 Å². The fourth-order valence-electron chi connectivity index (χ4n) is 1.32. The van der Waals surface area contributed by atoms with Gasteiger partial charge in [-0.2, -0.15) is 5.10 Å². The van der Waals surface area contributed by atoms with Crippen molar-refractivity contribution < 1.29 is 0 Å². The molecule has 66 valence electrons. The summed E-state index contributed by atoms with van der Waals surface area (Å²) >= 11 is 0. The Balaban J connectivity index is 1.71. The van der Waals surface area contributed by atoms with Gasteiger partial charge in [0.1, 0.15) is 5.82 Å². The normalized spacial score (nSPS) is 16.4. The van der Waals surface area contributed by atoms with Gasteiger partial charge < -0.3 is 5.32 Å². The van der Waals surface area contributed by atoms with Crippen LogP contribution in [-0.4, -0.2) is 16.3 Å². The van der Waals surface area contributed by atoms with Crippen molar-refractivity contribution in [1.82, 2.24) is 9.78 Å². The molecule has 0 radical (unpaired) electrons. The van der Waals surface area contributed by atoms with E-state index >= 15 is 0 Å². The first-order valence-electron chi connectivity index (χ1n) is 4.58. The third kappa shape index (κ3) is 2.00. The first-order valence-corrected chi connectivity index (χ1v) is 4.58. The molecule has 0 aliphatic heterocycles. The van der Waals surface area contributed by atoms with Gasteiger partial charge >= 0.3 is 0 Å². The van der Waals surface area contributed by atoms with Crippen LogP contribution in [-0.2, 0) is 7.05 Å². The van der Waals surface area contributed by atoms with Gasteiger partial charge in [-0.3, -0.25) is 4.68 Å². The molecule has 0 bridgehead atoms. The third-order valence-corrected chi connectivity index (χ3v) is 2.27. The predicted octanol–water partition coefficient (Wildman–Crippen LogP) is 1.63. The second kappa shape index (κ2) is 3.17. The minimum Gasteiger partial charge on any atom is -0.369 e. The van der Waals surface area contributed by atoms with Crippen LogP contribution in [0.15, 0.2) is 12.3 Å². The average Bonchev–Trinajstić information content (AvgIpc) is 2.76. The number of nitrogens with zero attached hydrogens (tertiary/aromatic N) is 2. The number of aryl methyl sites for hydroxylation is 1. The lowest BCUT2D eigenvalue weighted by Gasteiger charge is -2.00. The summed E-state index contributed by atoms with van der Waals surface area (Å²) in [5, 5.41) is 7.54. The van der Waals surface area contributed by atoms with Crippen molar-refractivity contribution in [3.05, 3.63) is 12.3 Å². The maximum Gasteiger partial charge on any atom is 0.147 e. The molecule has 0 atom stereocenters. The standard InChI is InChI=1S/C9H15N3/c1-12-7-5-9(11-12)10-6-4-8-2-3-8/h5,7-8H,2-4,6H2,1H3,(H,10,11). The van der Waals surface area contributed by atoms with E-state index in [1.165, 1.54) is 19.3 Å². The topological polar surface area (TPSA) is 29.9 Å². The van der Waals surface area contributed by atoms with Crippen LogP contribution in [0.4, 0.5) is 5.82 Å². The Morgan fingerprint density at radius 3 is 3.08 bits per heavy atom. The van der Waals surface area contributed by atoms with E-state index in [1.54, 1.807) is 0 Å². The van der Waals surface area contributed by atoms with E-state index in [9.17, 15) is 0 Å². The third-order valence-electron chi connectivity index (χ3n) is 2.27. The summed E-state index contributed by atoms with van der Waals surface area (Å²) in [6.45, 7) is 1.07. The molecule has 3 nitrogen and oxygen atoms in total. The minimum atomic E-state index is 0.998. The summed E-state index contributed by atoms with van der Waals surface area (Å²) in [5.74, 6) is 2.00. The SMILES string of the molecule is Cn1ccc(NCCC2CC2)n1. The number of hydrogen-bond donors (Lipinski definition) is 1. The second-order valence-electron chi connectivity index (χ2n) is 3.53. The number of nitrogens with one attached hydrogen (secondary N) is 1. The molecule has 3 heteroatoms. The van der Waals surface area contributed by atoms with Crippen LogP contribution in [0.1, 0.15) is 19.3 Å². The molecular formula is C9H15N3. The lowest BCUT2D eigenvalue weighted by Crippen LogP contribution is -2.03. The molecule has 1 N–H and O–H groups in total. The van der Waals surface area contributed by atoms with Gasteiger partial charge in [0.25, 0.3) is 0 Å². The van der Waals surface area contributed by atoms with E-state index in [2.05, 4.69) is 10.4 Å². The molecule has 0 amide bonds. The lowest BCUT2D eigenvalue weighted by molar-refractivity contribution is 0.743. The molecule has 0 spiro atoms. The van der Waals surface area contributed by atoms with Crippen molar-refractivity contribution in [2.45, 2.75) is 19.3 Å². The molecule has 1 aromatic rings. The Hall–Kier alpha value is -0.990. The van der Waals surface area contributed by atoms with Gasteiger partial charge in [0.05, 0.1) is 0 Å². The average molecular weight is 165 g/mol. The van der Waals surface area contributed by atoms with Crippen molar-refractivity contribution in [3.63, 3.8) is 0 Å². The summed E-state index contributed by atoms with van der Waals surface area (Å²) < 4.78 is 1.82. The van der Waals surface area contributed by atoms with Crippen LogP contribution in [0.25, 0.3) is 0 Å². The molecule has 1 saturated carbocycles. The largest absolute Gasteiger partial charge is 0.369 e. The van der Waals surface area contributed by atoms with E-state index in [1.807, 2.05) is 24.0 Å². The first-order chi connectivity index (χ1) is 5.84. The summed E-state index contributed by atoms with van der Waals surface area (Å²) in [5.41, 5.74) is 0. The second-order valence-corrected chi connectivity index (χ2v) is 3.53. The van der Waals surface area contributed by atoms with Crippen LogP contribution < -0.4 is 5.32 Å². The van der Waals surface area contributed by atoms with Crippen molar-refractivity contribution in [3.8, 4) is 0 Å². The highest BCUT2D eigenvalue weighted by Gasteiger charge is 2.20. The minimum absolute atomic E-state index is 0.998. The summed E-state index contributed by atoms with van der Waals surface area (Å²) in [6, 6.07) is 2.01. The monoisotopic (exact) mass is 165 g/mol. The van der Waals surface area contributed by atoms with E-state index in [0.717, 1.165) is 18.3 Å². The van der Waals surface area contributed by atoms with Crippen molar-refractivity contribution >= 4 is 5.82 Å². The van der Waals surface area contributed by atoms with Crippen LogP contribution in [0.2, 0.25) is 0 Å². The van der Waals surface area contributed by atoms with E-state index in [4.69, 9.17) is 0 Å². The van der Waals surface area contributed by atoms with Crippen molar-refractivity contribution in [1.29, 1.82) is 0 Å². The van der Waals surface area contributed by atoms with Gasteiger partial charge in [0, 0.05) is 25.9 Å². The summed E-state index contributed by atoms with van der Waals surface area (Å²) in [6.07, 6.45) is 6.13. The molecule has 0 saturated heterocycles. The quantitative estimate of drug-likeness (QED) is 0.735. The highest BCUT2D eigenvalue weighted by atomic mass is 15.3. The highest BCUT2D eigenvalue weighted by molar-refractivity contribution is 5.31. The fourth-order valence-corrected chi connectivity index (χ4v) is 1.32. The molecule has 1 aromatic heterocycles. The zero-order chi connectivity index (χ0) is 8.39. The predicted molar refractivity (Wildman–Crippen MR) is 49.0 cm³/mol. The van der Waals surface area contributed by atoms with Gasteiger partial charge in [-0.1, -0.05) is 12.8 Å². The summed E-state index contributed by atoms with van der Waals surface area (Å²) in [4.78, 5) is 0. The fraction of sp³-hybridized carbons (Fsp3) is 0.667. The Bertz CT molecular complexity index is 250. The Labute approximate surface area is 72.8 Å². The number of anilines is 1. The number of aromatic nitrogens is 2. The molecule has 1 aliphatic carbocycles. The van der Waals surface area contributed by atoms with Crippen LogP contribution >= 0.6 is 0 Å². The van der Waals surface area contributed by atoms with E-state index in [0.29, 0.717) is 0 Å². The first kappa shape index (κ1) is 7.65. The zero-order valence-electron chi connectivity index (χ0n) is 7.45. The smallest absolute Gasteiger partial charge is 0.147 e. The van der Waals surface area contributed by atoms with Crippen molar-refractivity contribution in [2.24, 2.45) is 13.0 Å². The lowest BCUT2D eigenvalue weighted by atomic mass is 10.3. The van der Waals surface area contributed by atoms with Gasteiger partial charge in [0.15, 0.2) is 0 Å². The number of rotatable bonds is 4.